The summed E-state index contributed by atoms with van der Waals surface area (Å²) < 4.78 is 0. The molecule has 0 aromatic carbocycles. The summed E-state index contributed by atoms with van der Waals surface area (Å²) in [5.41, 5.74) is 0.669. The molecule has 2 amide bonds. The lowest BCUT2D eigenvalue weighted by Gasteiger charge is -2.28. The Kier molecular flexibility index (Phi) is 7.11. The van der Waals surface area contributed by atoms with Crippen LogP contribution >= 0.6 is 11.3 Å². The zero-order valence-electron chi connectivity index (χ0n) is 13.4. The minimum absolute atomic E-state index is 0.0709. The number of urea groups is 1. The standard InChI is InChI=1S/C15H27N3O2S/c1-5-15(4,7-9-19)18-14(20)16-8-6-12-10-21-13(17-12)11(2)3/h10-11,19H,5-9H2,1-4H3,(H2,16,18,20). The van der Waals surface area contributed by atoms with Gasteiger partial charge >= 0.3 is 6.03 Å². The lowest BCUT2D eigenvalue weighted by atomic mass is 9.95. The van der Waals surface area contributed by atoms with Crippen LogP contribution < -0.4 is 10.6 Å². The van der Waals surface area contributed by atoms with Crippen LogP contribution in [0.3, 0.4) is 0 Å². The second kappa shape index (κ2) is 8.34. The van der Waals surface area contributed by atoms with Gasteiger partial charge in [-0.3, -0.25) is 0 Å². The molecule has 0 saturated heterocycles. The number of amides is 2. The molecule has 0 spiro atoms. The van der Waals surface area contributed by atoms with Gasteiger partial charge in [0.1, 0.15) is 0 Å². The molecule has 0 saturated carbocycles. The minimum Gasteiger partial charge on any atom is -0.396 e. The smallest absolute Gasteiger partial charge is 0.315 e. The second-order valence-electron chi connectivity index (χ2n) is 5.85. The zero-order valence-corrected chi connectivity index (χ0v) is 14.2. The first kappa shape index (κ1) is 17.9. The van der Waals surface area contributed by atoms with E-state index < -0.39 is 0 Å². The number of hydrogen-bond donors (Lipinski definition) is 3. The van der Waals surface area contributed by atoms with Crippen LogP contribution in [0, 0.1) is 0 Å². The topological polar surface area (TPSA) is 74.2 Å². The summed E-state index contributed by atoms with van der Waals surface area (Å²) in [5.74, 6) is 0.448. The van der Waals surface area contributed by atoms with Crippen molar-refractivity contribution in [3.8, 4) is 0 Å². The van der Waals surface area contributed by atoms with Crippen LogP contribution in [-0.4, -0.2) is 34.8 Å². The van der Waals surface area contributed by atoms with E-state index in [1.807, 2.05) is 13.8 Å². The normalized spacial score (nSPS) is 14.0. The van der Waals surface area contributed by atoms with Crippen LogP contribution in [-0.2, 0) is 6.42 Å². The van der Waals surface area contributed by atoms with E-state index in [1.54, 1.807) is 11.3 Å². The fourth-order valence-corrected chi connectivity index (χ4v) is 2.77. The Balaban J connectivity index is 2.35. The van der Waals surface area contributed by atoms with Crippen molar-refractivity contribution in [3.63, 3.8) is 0 Å². The monoisotopic (exact) mass is 313 g/mol. The van der Waals surface area contributed by atoms with Crippen LogP contribution in [0.2, 0.25) is 0 Å². The van der Waals surface area contributed by atoms with E-state index in [9.17, 15) is 4.79 Å². The van der Waals surface area contributed by atoms with Gasteiger partial charge in [-0.15, -0.1) is 11.3 Å². The van der Waals surface area contributed by atoms with Gasteiger partial charge in [-0.25, -0.2) is 9.78 Å². The van der Waals surface area contributed by atoms with E-state index in [0.29, 0.717) is 18.9 Å². The van der Waals surface area contributed by atoms with Crippen LogP contribution in [0.4, 0.5) is 4.79 Å². The highest BCUT2D eigenvalue weighted by Crippen LogP contribution is 2.19. The number of aliphatic hydroxyl groups is 1. The van der Waals surface area contributed by atoms with Gasteiger partial charge in [-0.2, -0.15) is 0 Å². The number of aromatic nitrogens is 1. The van der Waals surface area contributed by atoms with Crippen LogP contribution in [0.1, 0.15) is 57.2 Å². The molecule has 1 rings (SSSR count). The molecule has 1 atom stereocenters. The molecule has 21 heavy (non-hydrogen) atoms. The number of nitrogens with zero attached hydrogens (tertiary/aromatic N) is 1. The number of hydrogen-bond acceptors (Lipinski definition) is 4. The number of nitrogens with one attached hydrogen (secondary N) is 2. The molecule has 3 N–H and O–H groups in total. The number of carbonyl (C=O) groups is 1. The van der Waals surface area contributed by atoms with Gasteiger partial charge in [0.15, 0.2) is 0 Å². The summed E-state index contributed by atoms with van der Waals surface area (Å²) >= 11 is 1.67. The molecule has 1 heterocycles. The molecule has 1 unspecified atom stereocenters. The van der Waals surface area contributed by atoms with Crippen molar-refractivity contribution in [2.45, 2.75) is 58.4 Å². The van der Waals surface area contributed by atoms with Crippen molar-refractivity contribution in [3.05, 3.63) is 16.1 Å². The molecule has 0 aliphatic carbocycles. The predicted octanol–water partition coefficient (Wildman–Crippen LogP) is 2.66. The predicted molar refractivity (Wildman–Crippen MR) is 86.8 cm³/mol. The Bertz CT molecular complexity index is 448. The largest absolute Gasteiger partial charge is 0.396 e. The van der Waals surface area contributed by atoms with E-state index in [4.69, 9.17) is 5.11 Å². The van der Waals surface area contributed by atoms with E-state index in [2.05, 4.69) is 34.8 Å². The molecule has 120 valence electrons. The number of rotatable bonds is 8. The Morgan fingerprint density at radius 1 is 1.52 bits per heavy atom. The molecule has 1 aromatic rings. The summed E-state index contributed by atoms with van der Waals surface area (Å²) in [4.78, 5) is 16.4. The molecule has 1 aromatic heterocycles. The third-order valence-corrected chi connectivity index (χ3v) is 4.78. The van der Waals surface area contributed by atoms with Crippen molar-refractivity contribution in [1.82, 2.24) is 15.6 Å². The van der Waals surface area contributed by atoms with Crippen molar-refractivity contribution < 1.29 is 9.90 Å². The quantitative estimate of drug-likeness (QED) is 0.691. The highest BCUT2D eigenvalue weighted by Gasteiger charge is 2.23. The van der Waals surface area contributed by atoms with Gasteiger partial charge in [0, 0.05) is 36.4 Å². The molecule has 0 fully saturated rings. The number of aliphatic hydroxyl groups excluding tert-OH is 1. The van der Waals surface area contributed by atoms with E-state index >= 15 is 0 Å². The summed E-state index contributed by atoms with van der Waals surface area (Å²) in [7, 11) is 0. The van der Waals surface area contributed by atoms with Crippen molar-refractivity contribution >= 4 is 17.4 Å². The lowest BCUT2D eigenvalue weighted by molar-refractivity contribution is 0.201. The molecular weight excluding hydrogens is 286 g/mol. The first-order valence-corrected chi connectivity index (χ1v) is 8.39. The molecule has 0 bridgehead atoms. The Labute approximate surface area is 131 Å². The molecule has 0 aliphatic rings. The van der Waals surface area contributed by atoms with Crippen LogP contribution in [0.25, 0.3) is 0 Å². The molecule has 5 nitrogen and oxygen atoms in total. The molecular formula is C15H27N3O2S. The van der Waals surface area contributed by atoms with E-state index in [1.165, 1.54) is 0 Å². The van der Waals surface area contributed by atoms with Gasteiger partial charge in [-0.05, 0) is 19.8 Å². The maximum atomic E-state index is 11.9. The number of carbonyl (C=O) groups excluding carboxylic acids is 1. The number of thiazole rings is 1. The van der Waals surface area contributed by atoms with Crippen LogP contribution in [0.15, 0.2) is 5.38 Å². The SMILES string of the molecule is CCC(C)(CCO)NC(=O)NCCc1csc(C(C)C)n1. The van der Waals surface area contributed by atoms with Crippen molar-refractivity contribution in [1.29, 1.82) is 0 Å². The third kappa shape index (κ3) is 6.01. The van der Waals surface area contributed by atoms with Gasteiger partial charge < -0.3 is 15.7 Å². The Morgan fingerprint density at radius 3 is 2.76 bits per heavy atom. The maximum Gasteiger partial charge on any atom is 0.315 e. The van der Waals surface area contributed by atoms with Gasteiger partial charge in [0.25, 0.3) is 0 Å². The van der Waals surface area contributed by atoms with Crippen molar-refractivity contribution in [2.24, 2.45) is 0 Å². The van der Waals surface area contributed by atoms with Crippen LogP contribution in [0.5, 0.6) is 0 Å². The highest BCUT2D eigenvalue weighted by molar-refractivity contribution is 7.09. The minimum atomic E-state index is -0.357. The van der Waals surface area contributed by atoms with Crippen molar-refractivity contribution in [2.75, 3.05) is 13.2 Å². The Hall–Kier alpha value is -1.14. The second-order valence-corrected chi connectivity index (χ2v) is 6.74. The fourth-order valence-electron chi connectivity index (χ4n) is 1.90. The summed E-state index contributed by atoms with van der Waals surface area (Å²) in [6.45, 7) is 8.83. The zero-order chi connectivity index (χ0) is 15.9. The van der Waals surface area contributed by atoms with E-state index in [-0.39, 0.29) is 18.2 Å². The average molecular weight is 313 g/mol. The first-order valence-electron chi connectivity index (χ1n) is 7.51. The fraction of sp³-hybridized carbons (Fsp3) is 0.733. The first-order chi connectivity index (χ1) is 9.90. The summed E-state index contributed by atoms with van der Waals surface area (Å²) in [6, 6.07) is -0.188. The average Bonchev–Trinajstić information content (AvgIpc) is 2.88. The lowest BCUT2D eigenvalue weighted by Crippen LogP contribution is -2.50. The summed E-state index contributed by atoms with van der Waals surface area (Å²) in [5, 5.41) is 18.0. The maximum absolute atomic E-state index is 11.9. The summed E-state index contributed by atoms with van der Waals surface area (Å²) in [6.07, 6.45) is 2.07. The third-order valence-electron chi connectivity index (χ3n) is 3.59. The van der Waals surface area contributed by atoms with Gasteiger partial charge in [0.2, 0.25) is 0 Å². The Morgan fingerprint density at radius 2 is 2.24 bits per heavy atom. The highest BCUT2D eigenvalue weighted by atomic mass is 32.1. The molecule has 6 heteroatoms. The van der Waals surface area contributed by atoms with E-state index in [0.717, 1.165) is 23.5 Å². The molecule has 0 radical (unpaired) electrons. The molecule has 0 aliphatic heterocycles. The van der Waals surface area contributed by atoms with Gasteiger partial charge in [-0.1, -0.05) is 20.8 Å². The van der Waals surface area contributed by atoms with Gasteiger partial charge in [0.05, 0.1) is 10.7 Å².